The van der Waals surface area contributed by atoms with Crippen LogP contribution in [-0.4, -0.2) is 18.0 Å². The lowest BCUT2D eigenvalue weighted by molar-refractivity contribution is -0.136. The van der Waals surface area contributed by atoms with E-state index in [2.05, 4.69) is 15.8 Å². The molecule has 3 rings (SSSR count). The summed E-state index contributed by atoms with van der Waals surface area (Å²) in [4.78, 5) is 23.9. The van der Waals surface area contributed by atoms with E-state index in [0.29, 0.717) is 21.4 Å². The molecule has 10 heteroatoms. The van der Waals surface area contributed by atoms with Gasteiger partial charge in [0.05, 0.1) is 11.2 Å². The van der Waals surface area contributed by atoms with Crippen LogP contribution in [0, 0.1) is 5.82 Å². The molecule has 3 aromatic carbocycles. The number of amides is 2. The molecular formula is C22H15Cl3FN3O3. The molecule has 32 heavy (non-hydrogen) atoms. The molecule has 0 atom stereocenters. The first kappa shape index (κ1) is 23.5. The minimum atomic E-state index is -0.987. The topological polar surface area (TPSA) is 79.8 Å². The zero-order chi connectivity index (χ0) is 23.1. The first-order valence-corrected chi connectivity index (χ1v) is 10.2. The monoisotopic (exact) mass is 493 g/mol. The minimum Gasteiger partial charge on any atom is -0.489 e. The van der Waals surface area contributed by atoms with Crippen molar-refractivity contribution in [3.63, 3.8) is 0 Å². The fraction of sp³-hybridized carbons (Fsp3) is 0.0455. The van der Waals surface area contributed by atoms with Crippen molar-refractivity contribution in [2.24, 2.45) is 5.10 Å². The molecular weight excluding hydrogens is 480 g/mol. The number of ether oxygens (including phenoxy) is 1. The third-order valence-electron chi connectivity index (χ3n) is 4.01. The zero-order valence-electron chi connectivity index (χ0n) is 16.2. The summed E-state index contributed by atoms with van der Waals surface area (Å²) in [5.41, 5.74) is 3.20. The average molecular weight is 495 g/mol. The highest BCUT2D eigenvalue weighted by Gasteiger charge is 2.13. The van der Waals surface area contributed by atoms with Crippen LogP contribution in [0.4, 0.5) is 10.1 Å². The Hall–Kier alpha value is -3.13. The minimum absolute atomic E-state index is 0.0590. The summed E-state index contributed by atoms with van der Waals surface area (Å²) in [5.74, 6) is -1.95. The molecule has 0 unspecified atom stereocenters. The van der Waals surface area contributed by atoms with Gasteiger partial charge in [0.2, 0.25) is 0 Å². The molecule has 0 spiro atoms. The van der Waals surface area contributed by atoms with Crippen LogP contribution in [0.1, 0.15) is 11.1 Å². The number of nitrogens with zero attached hydrogens (tertiary/aromatic N) is 1. The fourth-order valence-electron chi connectivity index (χ4n) is 2.54. The van der Waals surface area contributed by atoms with Crippen LogP contribution in [0.3, 0.4) is 0 Å². The number of benzene rings is 3. The predicted molar refractivity (Wildman–Crippen MR) is 123 cm³/mol. The van der Waals surface area contributed by atoms with Crippen LogP contribution in [0.15, 0.2) is 65.8 Å². The van der Waals surface area contributed by atoms with Gasteiger partial charge in [-0.3, -0.25) is 9.59 Å². The van der Waals surface area contributed by atoms with Crippen molar-refractivity contribution in [1.29, 1.82) is 0 Å². The maximum atomic E-state index is 13.8. The van der Waals surface area contributed by atoms with E-state index < -0.39 is 17.6 Å². The summed E-state index contributed by atoms with van der Waals surface area (Å²) in [7, 11) is 0. The van der Waals surface area contributed by atoms with Gasteiger partial charge in [-0.05, 0) is 48.0 Å². The molecule has 0 aliphatic carbocycles. The third kappa shape index (κ3) is 6.68. The highest BCUT2D eigenvalue weighted by Crippen LogP contribution is 2.23. The van der Waals surface area contributed by atoms with Gasteiger partial charge >= 0.3 is 11.8 Å². The van der Waals surface area contributed by atoms with E-state index in [1.807, 2.05) is 0 Å². The first-order valence-electron chi connectivity index (χ1n) is 9.08. The Bertz CT molecular complexity index is 1150. The number of carbonyl (C=O) groups is 2. The Morgan fingerprint density at radius 3 is 2.41 bits per heavy atom. The number of hydrogen-bond donors (Lipinski definition) is 2. The lowest BCUT2D eigenvalue weighted by Crippen LogP contribution is -2.32. The molecule has 0 aliphatic rings. The molecule has 2 N–H and O–H groups in total. The summed E-state index contributed by atoms with van der Waals surface area (Å²) in [6.07, 6.45) is 1.32. The maximum Gasteiger partial charge on any atom is 0.329 e. The second-order valence-corrected chi connectivity index (χ2v) is 7.65. The van der Waals surface area contributed by atoms with Crippen LogP contribution in [0.2, 0.25) is 15.1 Å². The number of nitrogens with one attached hydrogen (secondary N) is 2. The molecule has 2 amide bonds. The Morgan fingerprint density at radius 2 is 1.69 bits per heavy atom. The fourth-order valence-corrected chi connectivity index (χ4v) is 3.28. The Labute approximate surface area is 197 Å². The molecule has 0 radical (unpaired) electrons. The van der Waals surface area contributed by atoms with Crippen molar-refractivity contribution in [3.05, 3.63) is 92.7 Å². The molecule has 0 saturated carbocycles. The molecule has 0 aliphatic heterocycles. The van der Waals surface area contributed by atoms with E-state index in [9.17, 15) is 14.0 Å². The average Bonchev–Trinajstić information content (AvgIpc) is 2.73. The summed E-state index contributed by atoms with van der Waals surface area (Å²) in [5, 5.41) is 7.01. The van der Waals surface area contributed by atoms with Crippen LogP contribution >= 0.6 is 34.8 Å². The van der Waals surface area contributed by atoms with Crippen molar-refractivity contribution in [1.82, 2.24) is 5.43 Å². The first-order chi connectivity index (χ1) is 15.3. The van der Waals surface area contributed by atoms with E-state index in [-0.39, 0.29) is 22.9 Å². The van der Waals surface area contributed by atoms with E-state index in [0.717, 1.165) is 0 Å². The molecule has 0 bridgehead atoms. The SMILES string of the molecule is O=C(NN=Cc1cccc(OCc2c(F)cccc2Cl)c1)C(=O)Nc1cc(Cl)cc(Cl)c1. The molecule has 0 fully saturated rings. The molecule has 6 nitrogen and oxygen atoms in total. The van der Waals surface area contributed by atoms with Crippen molar-refractivity contribution in [3.8, 4) is 5.75 Å². The van der Waals surface area contributed by atoms with Gasteiger partial charge in [0.15, 0.2) is 0 Å². The number of hydrogen-bond acceptors (Lipinski definition) is 4. The van der Waals surface area contributed by atoms with Gasteiger partial charge < -0.3 is 10.1 Å². The smallest absolute Gasteiger partial charge is 0.329 e. The summed E-state index contributed by atoms with van der Waals surface area (Å²) in [6.45, 7) is -0.0590. The number of rotatable bonds is 6. The van der Waals surface area contributed by atoms with Crippen molar-refractivity contribution >= 4 is 58.5 Å². The van der Waals surface area contributed by atoms with Crippen molar-refractivity contribution in [2.45, 2.75) is 6.61 Å². The molecule has 164 valence electrons. The summed E-state index contributed by atoms with van der Waals surface area (Å²) in [6, 6.07) is 15.5. The Kier molecular flexibility index (Phi) is 8.05. The molecule has 0 aromatic heterocycles. The lowest BCUT2D eigenvalue weighted by atomic mass is 10.2. The molecule has 0 saturated heterocycles. The van der Waals surface area contributed by atoms with Gasteiger partial charge in [-0.2, -0.15) is 5.10 Å². The van der Waals surface area contributed by atoms with Gasteiger partial charge in [0, 0.05) is 21.3 Å². The van der Waals surface area contributed by atoms with Gasteiger partial charge in [-0.25, -0.2) is 9.82 Å². The van der Waals surface area contributed by atoms with Crippen molar-refractivity contribution < 1.29 is 18.7 Å². The maximum absolute atomic E-state index is 13.8. The standard InChI is InChI=1S/C22H15Cl3FN3O3/c23-14-8-15(24)10-16(9-14)28-21(30)22(31)29-27-11-13-3-1-4-17(7-13)32-12-18-19(25)5-2-6-20(18)26/h1-11H,12H2,(H,28,30)(H,29,31). The number of hydrazone groups is 1. The highest BCUT2D eigenvalue weighted by atomic mass is 35.5. The van der Waals surface area contributed by atoms with E-state index >= 15 is 0 Å². The van der Waals surface area contributed by atoms with Gasteiger partial charge in [-0.1, -0.05) is 53.0 Å². The summed E-state index contributed by atoms with van der Waals surface area (Å²) >= 11 is 17.7. The lowest BCUT2D eigenvalue weighted by Gasteiger charge is -2.09. The normalized spacial score (nSPS) is 10.8. The van der Waals surface area contributed by atoms with Crippen LogP contribution in [0.25, 0.3) is 0 Å². The van der Waals surface area contributed by atoms with E-state index in [1.54, 1.807) is 30.3 Å². The molecule has 3 aromatic rings. The number of anilines is 1. The largest absolute Gasteiger partial charge is 0.489 e. The van der Waals surface area contributed by atoms with E-state index in [4.69, 9.17) is 39.5 Å². The summed E-state index contributed by atoms with van der Waals surface area (Å²) < 4.78 is 19.4. The predicted octanol–water partition coefficient (Wildman–Crippen LogP) is 5.45. The Morgan fingerprint density at radius 1 is 0.969 bits per heavy atom. The second-order valence-electron chi connectivity index (χ2n) is 6.37. The van der Waals surface area contributed by atoms with Crippen LogP contribution in [0.5, 0.6) is 5.75 Å². The second kappa shape index (κ2) is 10.9. The van der Waals surface area contributed by atoms with E-state index in [1.165, 1.54) is 36.5 Å². The van der Waals surface area contributed by atoms with Crippen LogP contribution < -0.4 is 15.5 Å². The quantitative estimate of drug-likeness (QED) is 0.271. The highest BCUT2D eigenvalue weighted by molar-refractivity contribution is 6.40. The Balaban J connectivity index is 1.56. The van der Waals surface area contributed by atoms with Gasteiger partial charge in [0.25, 0.3) is 0 Å². The van der Waals surface area contributed by atoms with Gasteiger partial charge in [0.1, 0.15) is 18.2 Å². The third-order valence-corrected chi connectivity index (χ3v) is 4.80. The van der Waals surface area contributed by atoms with Gasteiger partial charge in [-0.15, -0.1) is 0 Å². The van der Waals surface area contributed by atoms with Crippen LogP contribution in [-0.2, 0) is 16.2 Å². The number of halogens is 4. The zero-order valence-corrected chi connectivity index (χ0v) is 18.5. The molecule has 0 heterocycles. The number of carbonyl (C=O) groups excluding carboxylic acids is 2. The van der Waals surface area contributed by atoms with Crippen molar-refractivity contribution in [2.75, 3.05) is 5.32 Å².